The van der Waals surface area contributed by atoms with E-state index in [1.54, 1.807) is 6.21 Å². The van der Waals surface area contributed by atoms with Gasteiger partial charge < -0.3 is 21.1 Å². The molecule has 1 aromatic rings. The highest BCUT2D eigenvalue weighted by molar-refractivity contribution is 6.31. The van der Waals surface area contributed by atoms with Crippen molar-refractivity contribution in [2.24, 2.45) is 21.7 Å². The number of ether oxygens (including phenoxy) is 2. The summed E-state index contributed by atoms with van der Waals surface area (Å²) in [4.78, 5) is 4.32. The number of hydrazone groups is 1. The van der Waals surface area contributed by atoms with Gasteiger partial charge in [-0.2, -0.15) is 5.10 Å². The van der Waals surface area contributed by atoms with Crippen molar-refractivity contribution < 1.29 is 9.47 Å². The SMILES string of the molecule is NCc1ccc(N=C/C(COC2CCCCO2)=N\N)cc1. The predicted molar refractivity (Wildman–Crippen MR) is 83.7 cm³/mol. The highest BCUT2D eigenvalue weighted by Gasteiger charge is 2.14. The van der Waals surface area contributed by atoms with Gasteiger partial charge in [0.15, 0.2) is 6.29 Å². The molecule has 1 aliphatic heterocycles. The van der Waals surface area contributed by atoms with E-state index in [4.69, 9.17) is 21.1 Å². The van der Waals surface area contributed by atoms with Gasteiger partial charge in [-0.05, 0) is 37.0 Å². The molecule has 1 unspecified atom stereocenters. The van der Waals surface area contributed by atoms with Gasteiger partial charge in [-0.25, -0.2) is 0 Å². The third-order valence-electron chi connectivity index (χ3n) is 3.26. The van der Waals surface area contributed by atoms with Gasteiger partial charge in [-0.1, -0.05) is 12.1 Å². The Morgan fingerprint density at radius 2 is 2.14 bits per heavy atom. The molecule has 0 aromatic heterocycles. The highest BCUT2D eigenvalue weighted by Crippen LogP contribution is 2.14. The summed E-state index contributed by atoms with van der Waals surface area (Å²) in [5.74, 6) is 5.36. The maximum absolute atomic E-state index is 5.62. The van der Waals surface area contributed by atoms with Crippen LogP contribution in [0.3, 0.4) is 0 Å². The van der Waals surface area contributed by atoms with Gasteiger partial charge in [0.05, 0.1) is 18.5 Å². The van der Waals surface area contributed by atoms with Crippen LogP contribution in [0, 0.1) is 0 Å². The van der Waals surface area contributed by atoms with Crippen molar-refractivity contribution >= 4 is 17.6 Å². The highest BCUT2D eigenvalue weighted by atomic mass is 16.7. The van der Waals surface area contributed by atoms with E-state index in [1.807, 2.05) is 24.3 Å². The summed E-state index contributed by atoms with van der Waals surface area (Å²) in [5, 5.41) is 3.69. The number of rotatable bonds is 6. The lowest BCUT2D eigenvalue weighted by Crippen LogP contribution is -2.26. The van der Waals surface area contributed by atoms with Crippen molar-refractivity contribution in [3.8, 4) is 0 Å². The fraction of sp³-hybridized carbons (Fsp3) is 0.467. The van der Waals surface area contributed by atoms with Gasteiger partial charge in [0, 0.05) is 13.2 Å². The van der Waals surface area contributed by atoms with Crippen molar-refractivity contribution in [1.29, 1.82) is 0 Å². The molecule has 114 valence electrons. The van der Waals surface area contributed by atoms with Crippen LogP contribution in [-0.2, 0) is 16.0 Å². The molecule has 0 saturated carbocycles. The van der Waals surface area contributed by atoms with Crippen LogP contribution in [0.25, 0.3) is 0 Å². The van der Waals surface area contributed by atoms with Crippen molar-refractivity contribution in [2.75, 3.05) is 13.2 Å². The predicted octanol–water partition coefficient (Wildman–Crippen LogP) is 1.71. The van der Waals surface area contributed by atoms with Gasteiger partial charge in [-0.3, -0.25) is 4.99 Å². The number of benzene rings is 1. The summed E-state index contributed by atoms with van der Waals surface area (Å²) in [6, 6.07) is 7.69. The first-order valence-electron chi connectivity index (χ1n) is 7.15. The zero-order chi connectivity index (χ0) is 14.9. The topological polar surface area (TPSA) is 95.2 Å². The molecule has 6 nitrogen and oxygen atoms in total. The van der Waals surface area contributed by atoms with Crippen LogP contribution in [-0.4, -0.2) is 31.4 Å². The first-order chi connectivity index (χ1) is 10.3. The lowest BCUT2D eigenvalue weighted by Gasteiger charge is -2.22. The molecule has 2 rings (SSSR count). The molecule has 0 bridgehead atoms. The lowest BCUT2D eigenvalue weighted by molar-refractivity contribution is -0.152. The quantitative estimate of drug-likeness (QED) is 0.473. The van der Waals surface area contributed by atoms with Gasteiger partial charge in [0.2, 0.25) is 0 Å². The Bertz CT molecular complexity index is 479. The minimum atomic E-state index is -0.160. The largest absolute Gasteiger partial charge is 0.353 e. The first-order valence-corrected chi connectivity index (χ1v) is 7.15. The molecule has 0 spiro atoms. The van der Waals surface area contributed by atoms with E-state index < -0.39 is 0 Å². The molecular formula is C15H22N4O2. The van der Waals surface area contributed by atoms with Crippen molar-refractivity contribution in [3.63, 3.8) is 0 Å². The van der Waals surface area contributed by atoms with Gasteiger partial charge in [0.1, 0.15) is 5.71 Å². The summed E-state index contributed by atoms with van der Waals surface area (Å²) >= 11 is 0. The second-order valence-electron chi connectivity index (χ2n) is 4.86. The molecule has 1 saturated heterocycles. The van der Waals surface area contributed by atoms with E-state index in [9.17, 15) is 0 Å². The Labute approximate surface area is 124 Å². The van der Waals surface area contributed by atoms with Crippen molar-refractivity contribution in [2.45, 2.75) is 32.1 Å². The van der Waals surface area contributed by atoms with E-state index in [2.05, 4.69) is 10.1 Å². The fourth-order valence-electron chi connectivity index (χ4n) is 2.00. The number of hydrogen-bond acceptors (Lipinski definition) is 6. The van der Waals surface area contributed by atoms with Crippen LogP contribution in [0.4, 0.5) is 5.69 Å². The Morgan fingerprint density at radius 1 is 1.33 bits per heavy atom. The molecule has 0 amide bonds. The number of aliphatic imine (C=N–C) groups is 1. The van der Waals surface area contributed by atoms with E-state index in [-0.39, 0.29) is 6.29 Å². The first kappa shape index (κ1) is 15.6. The minimum Gasteiger partial charge on any atom is -0.353 e. The normalized spacial score (nSPS) is 20.0. The molecule has 6 heteroatoms. The maximum Gasteiger partial charge on any atom is 0.158 e. The fourth-order valence-corrected chi connectivity index (χ4v) is 2.00. The monoisotopic (exact) mass is 290 g/mol. The molecule has 0 radical (unpaired) electrons. The van der Waals surface area contributed by atoms with E-state index in [0.717, 1.165) is 37.1 Å². The van der Waals surface area contributed by atoms with Crippen LogP contribution >= 0.6 is 0 Å². The lowest BCUT2D eigenvalue weighted by atomic mass is 10.2. The summed E-state index contributed by atoms with van der Waals surface area (Å²) in [7, 11) is 0. The van der Waals surface area contributed by atoms with Crippen LogP contribution in [0.5, 0.6) is 0 Å². The van der Waals surface area contributed by atoms with E-state index in [0.29, 0.717) is 18.9 Å². The molecule has 1 fully saturated rings. The zero-order valence-electron chi connectivity index (χ0n) is 12.1. The maximum atomic E-state index is 5.62. The Balaban J connectivity index is 1.84. The Kier molecular flexibility index (Phi) is 6.33. The van der Waals surface area contributed by atoms with E-state index >= 15 is 0 Å². The Hall–Kier alpha value is -1.76. The summed E-state index contributed by atoms with van der Waals surface area (Å²) in [5.41, 5.74) is 8.02. The van der Waals surface area contributed by atoms with E-state index in [1.165, 1.54) is 0 Å². The number of nitrogens with two attached hydrogens (primary N) is 2. The van der Waals surface area contributed by atoms with Crippen LogP contribution in [0.15, 0.2) is 34.4 Å². The average molecular weight is 290 g/mol. The smallest absolute Gasteiger partial charge is 0.158 e. The summed E-state index contributed by atoms with van der Waals surface area (Å²) in [6.45, 7) is 1.57. The molecule has 1 atom stereocenters. The molecule has 1 aliphatic rings. The van der Waals surface area contributed by atoms with Crippen molar-refractivity contribution in [3.05, 3.63) is 29.8 Å². The second kappa shape index (κ2) is 8.51. The number of nitrogens with zero attached hydrogens (tertiary/aromatic N) is 2. The van der Waals surface area contributed by atoms with Crippen LogP contribution < -0.4 is 11.6 Å². The zero-order valence-corrected chi connectivity index (χ0v) is 12.1. The van der Waals surface area contributed by atoms with Crippen molar-refractivity contribution in [1.82, 2.24) is 0 Å². The molecule has 0 aliphatic carbocycles. The molecule has 21 heavy (non-hydrogen) atoms. The summed E-state index contributed by atoms with van der Waals surface area (Å²) in [6.07, 6.45) is 4.59. The van der Waals surface area contributed by atoms with Gasteiger partial charge in [0.25, 0.3) is 0 Å². The standard InChI is InChI=1S/C15H22N4O2/c16-9-12-4-6-13(7-5-12)18-10-14(19-17)11-21-15-3-1-2-8-20-15/h4-7,10,15H,1-3,8-9,11,16-17H2/b18-10?,19-14+. The third-order valence-corrected chi connectivity index (χ3v) is 3.26. The minimum absolute atomic E-state index is 0.160. The van der Waals surface area contributed by atoms with Gasteiger partial charge >= 0.3 is 0 Å². The average Bonchev–Trinajstić information content (AvgIpc) is 2.56. The van der Waals surface area contributed by atoms with Gasteiger partial charge in [-0.15, -0.1) is 0 Å². The molecular weight excluding hydrogens is 268 g/mol. The molecule has 1 heterocycles. The van der Waals surface area contributed by atoms with Crippen LogP contribution in [0.2, 0.25) is 0 Å². The third kappa shape index (κ3) is 5.26. The Morgan fingerprint density at radius 3 is 2.76 bits per heavy atom. The van der Waals surface area contributed by atoms with Crippen LogP contribution in [0.1, 0.15) is 24.8 Å². The molecule has 1 aromatic carbocycles. The second-order valence-corrected chi connectivity index (χ2v) is 4.86. The summed E-state index contributed by atoms with van der Waals surface area (Å²) < 4.78 is 11.1. The molecule has 4 N–H and O–H groups in total. The number of hydrogen-bond donors (Lipinski definition) is 2.